The lowest BCUT2D eigenvalue weighted by atomic mass is 9.65. The van der Waals surface area contributed by atoms with Crippen molar-refractivity contribution in [2.45, 2.75) is 44.6 Å². The number of carbonyl (C=O) groups is 2. The van der Waals surface area contributed by atoms with Crippen LogP contribution < -0.4 is 16.8 Å². The van der Waals surface area contributed by atoms with Crippen molar-refractivity contribution in [1.82, 2.24) is 0 Å². The minimum Gasteiger partial charge on any atom is -0.369 e. The fourth-order valence-corrected chi connectivity index (χ4v) is 4.15. The molecule has 0 spiro atoms. The number of anilines is 1. The van der Waals surface area contributed by atoms with Gasteiger partial charge in [-0.1, -0.05) is 18.6 Å². The van der Waals surface area contributed by atoms with E-state index in [4.69, 9.17) is 11.5 Å². The van der Waals surface area contributed by atoms with E-state index >= 15 is 0 Å². The van der Waals surface area contributed by atoms with E-state index in [1.165, 1.54) is 6.42 Å². The molecule has 3 rings (SSSR count). The number of fused-ring (bicyclic) bond motifs is 2. The van der Waals surface area contributed by atoms with Gasteiger partial charge in [-0.15, -0.1) is 12.4 Å². The second kappa shape index (κ2) is 7.99. The Morgan fingerprint density at radius 2 is 1.67 bits per heavy atom. The van der Waals surface area contributed by atoms with Crippen LogP contribution in [-0.2, 0) is 16.0 Å². The number of carbonyl (C=O) groups excluding carboxylic acids is 2. The van der Waals surface area contributed by atoms with Crippen molar-refractivity contribution in [1.29, 1.82) is 0 Å². The SMILES string of the molecule is Cl.NC(=O)Cc1ccc(NC(=O)C2CC3CCCC(C2)C3N)cc1. The zero-order valence-electron chi connectivity index (χ0n) is 13.7. The van der Waals surface area contributed by atoms with Crippen LogP contribution in [0.2, 0.25) is 0 Å². The molecule has 132 valence electrons. The van der Waals surface area contributed by atoms with Gasteiger partial charge in [0.2, 0.25) is 11.8 Å². The van der Waals surface area contributed by atoms with Crippen LogP contribution in [0.1, 0.15) is 37.7 Å². The van der Waals surface area contributed by atoms with Gasteiger partial charge in [0, 0.05) is 17.6 Å². The van der Waals surface area contributed by atoms with Crippen LogP contribution in [0.5, 0.6) is 0 Å². The second-order valence-electron chi connectivity index (χ2n) is 7.03. The van der Waals surface area contributed by atoms with Crippen LogP contribution in [0.3, 0.4) is 0 Å². The summed E-state index contributed by atoms with van der Waals surface area (Å²) in [5.41, 5.74) is 13.1. The molecule has 2 saturated carbocycles. The number of halogens is 1. The first-order valence-corrected chi connectivity index (χ1v) is 8.46. The largest absolute Gasteiger partial charge is 0.369 e. The zero-order chi connectivity index (χ0) is 16.4. The van der Waals surface area contributed by atoms with E-state index in [1.54, 1.807) is 0 Å². The second-order valence-corrected chi connectivity index (χ2v) is 7.03. The summed E-state index contributed by atoms with van der Waals surface area (Å²) in [6.45, 7) is 0. The van der Waals surface area contributed by atoms with Crippen LogP contribution in [0, 0.1) is 17.8 Å². The topological polar surface area (TPSA) is 98.2 Å². The normalized spacial score (nSPS) is 28.5. The van der Waals surface area contributed by atoms with E-state index in [0.29, 0.717) is 11.8 Å². The quantitative estimate of drug-likeness (QED) is 0.775. The zero-order valence-corrected chi connectivity index (χ0v) is 14.6. The highest BCUT2D eigenvalue weighted by Gasteiger charge is 2.40. The fraction of sp³-hybridized carbons (Fsp3) is 0.556. The summed E-state index contributed by atoms with van der Waals surface area (Å²) < 4.78 is 0. The van der Waals surface area contributed by atoms with Crippen molar-refractivity contribution in [3.05, 3.63) is 29.8 Å². The highest BCUT2D eigenvalue weighted by atomic mass is 35.5. The third-order valence-corrected chi connectivity index (χ3v) is 5.38. The number of hydrogen-bond acceptors (Lipinski definition) is 3. The lowest BCUT2D eigenvalue weighted by molar-refractivity contribution is -0.122. The molecule has 0 saturated heterocycles. The number of benzene rings is 1. The van der Waals surface area contributed by atoms with Gasteiger partial charge in [-0.05, 0) is 55.2 Å². The Labute approximate surface area is 149 Å². The Kier molecular flexibility index (Phi) is 6.24. The van der Waals surface area contributed by atoms with E-state index in [2.05, 4.69) is 5.32 Å². The number of nitrogens with one attached hydrogen (secondary N) is 1. The third kappa shape index (κ3) is 4.28. The lowest BCUT2D eigenvalue weighted by Gasteiger charge is -2.43. The van der Waals surface area contributed by atoms with Crippen molar-refractivity contribution >= 4 is 29.9 Å². The Hall–Kier alpha value is -1.59. The van der Waals surface area contributed by atoms with E-state index in [0.717, 1.165) is 36.9 Å². The van der Waals surface area contributed by atoms with Gasteiger partial charge in [-0.25, -0.2) is 0 Å². The summed E-state index contributed by atoms with van der Waals surface area (Å²) >= 11 is 0. The Bertz CT molecular complexity index is 576. The number of hydrogen-bond donors (Lipinski definition) is 3. The summed E-state index contributed by atoms with van der Waals surface area (Å²) in [5.74, 6) is 0.797. The first kappa shape index (κ1) is 18.7. The van der Waals surface area contributed by atoms with Crippen LogP contribution >= 0.6 is 12.4 Å². The summed E-state index contributed by atoms with van der Waals surface area (Å²) in [7, 11) is 0. The molecule has 0 radical (unpaired) electrons. The van der Waals surface area contributed by atoms with Gasteiger partial charge < -0.3 is 16.8 Å². The van der Waals surface area contributed by atoms with E-state index < -0.39 is 0 Å². The van der Waals surface area contributed by atoms with Crippen LogP contribution in [0.25, 0.3) is 0 Å². The predicted octanol–water partition coefficient (Wildman–Crippen LogP) is 2.23. The highest BCUT2D eigenvalue weighted by molar-refractivity contribution is 5.92. The van der Waals surface area contributed by atoms with Gasteiger partial charge in [-0.3, -0.25) is 9.59 Å². The molecule has 24 heavy (non-hydrogen) atoms. The average molecular weight is 352 g/mol. The lowest BCUT2D eigenvalue weighted by Crippen LogP contribution is -2.48. The van der Waals surface area contributed by atoms with Gasteiger partial charge in [0.1, 0.15) is 0 Å². The number of nitrogens with two attached hydrogens (primary N) is 2. The first-order chi connectivity index (χ1) is 11.0. The summed E-state index contributed by atoms with van der Waals surface area (Å²) in [4.78, 5) is 23.4. The van der Waals surface area contributed by atoms with Crippen molar-refractivity contribution in [2.75, 3.05) is 5.32 Å². The monoisotopic (exact) mass is 351 g/mol. The van der Waals surface area contributed by atoms with Crippen molar-refractivity contribution < 1.29 is 9.59 Å². The first-order valence-electron chi connectivity index (χ1n) is 8.46. The van der Waals surface area contributed by atoms with E-state index in [-0.39, 0.29) is 42.6 Å². The average Bonchev–Trinajstić information content (AvgIpc) is 2.48. The molecule has 6 heteroatoms. The van der Waals surface area contributed by atoms with E-state index in [1.807, 2.05) is 24.3 Å². The summed E-state index contributed by atoms with van der Waals surface area (Å²) in [6, 6.07) is 7.58. The minimum absolute atomic E-state index is 0. The number of primary amides is 1. The molecule has 2 unspecified atom stereocenters. The molecular formula is C18H26ClN3O2. The Morgan fingerprint density at radius 1 is 1.08 bits per heavy atom. The Balaban J connectivity index is 0.00000208. The molecule has 5 nitrogen and oxygen atoms in total. The predicted molar refractivity (Wildman–Crippen MR) is 96.7 cm³/mol. The number of amides is 2. The molecule has 0 aromatic heterocycles. The minimum atomic E-state index is -0.355. The van der Waals surface area contributed by atoms with Crippen LogP contribution in [-0.4, -0.2) is 17.9 Å². The van der Waals surface area contributed by atoms with Crippen molar-refractivity contribution in [2.24, 2.45) is 29.2 Å². The smallest absolute Gasteiger partial charge is 0.227 e. The third-order valence-electron chi connectivity index (χ3n) is 5.38. The van der Waals surface area contributed by atoms with E-state index in [9.17, 15) is 9.59 Å². The molecule has 2 aliphatic carbocycles. The standard InChI is InChI=1S/C18H25N3O2.ClH/c19-16(22)8-11-4-6-15(7-5-11)21-18(23)14-9-12-2-1-3-13(10-14)17(12)20;/h4-7,12-14,17H,1-3,8-10,20H2,(H2,19,22)(H,21,23);1H. The molecule has 2 fully saturated rings. The van der Waals surface area contributed by atoms with Gasteiger partial charge >= 0.3 is 0 Å². The fourth-order valence-electron chi connectivity index (χ4n) is 4.15. The molecule has 2 atom stereocenters. The molecule has 0 aliphatic heterocycles. The maximum Gasteiger partial charge on any atom is 0.227 e. The maximum absolute atomic E-state index is 12.5. The molecule has 1 aromatic rings. The van der Waals surface area contributed by atoms with Crippen molar-refractivity contribution in [3.8, 4) is 0 Å². The maximum atomic E-state index is 12.5. The van der Waals surface area contributed by atoms with Crippen LogP contribution in [0.15, 0.2) is 24.3 Å². The molecule has 1 aromatic carbocycles. The van der Waals surface area contributed by atoms with Gasteiger partial charge in [0.15, 0.2) is 0 Å². The summed E-state index contributed by atoms with van der Waals surface area (Å²) in [6.07, 6.45) is 5.59. The molecule has 2 amide bonds. The molecule has 2 bridgehead atoms. The highest BCUT2D eigenvalue weighted by Crippen LogP contribution is 2.42. The number of rotatable bonds is 4. The molecular weight excluding hydrogens is 326 g/mol. The van der Waals surface area contributed by atoms with Crippen molar-refractivity contribution in [3.63, 3.8) is 0 Å². The summed E-state index contributed by atoms with van der Waals surface area (Å²) in [5, 5.41) is 3.00. The van der Waals surface area contributed by atoms with Gasteiger partial charge in [0.25, 0.3) is 0 Å². The molecule has 5 N–H and O–H groups in total. The van der Waals surface area contributed by atoms with Crippen LogP contribution in [0.4, 0.5) is 5.69 Å². The van der Waals surface area contributed by atoms with Gasteiger partial charge in [0.05, 0.1) is 6.42 Å². The Morgan fingerprint density at radius 3 is 2.21 bits per heavy atom. The molecule has 0 heterocycles. The molecule has 2 aliphatic rings. The van der Waals surface area contributed by atoms with Gasteiger partial charge in [-0.2, -0.15) is 0 Å².